The second-order valence-electron chi connectivity index (χ2n) is 4.08. The van der Waals surface area contributed by atoms with Gasteiger partial charge in [0, 0.05) is 25.0 Å². The molecule has 0 saturated carbocycles. The number of hydrogen-bond acceptors (Lipinski definition) is 5. The molecule has 0 fully saturated rings. The van der Waals surface area contributed by atoms with E-state index in [1.54, 1.807) is 30.6 Å². The zero-order valence-corrected chi connectivity index (χ0v) is 11.7. The lowest BCUT2D eigenvalue weighted by atomic mass is 10.2. The monoisotopic (exact) mass is 287 g/mol. The fourth-order valence-electron chi connectivity index (χ4n) is 1.57. The van der Waals surface area contributed by atoms with Gasteiger partial charge in [0.15, 0.2) is 0 Å². The maximum atomic E-state index is 11.6. The molecule has 0 aliphatic carbocycles. The van der Waals surface area contributed by atoms with Crippen LogP contribution >= 0.6 is 0 Å². The van der Waals surface area contributed by atoms with Gasteiger partial charge in [-0.05, 0) is 30.7 Å². The summed E-state index contributed by atoms with van der Waals surface area (Å²) in [6.45, 7) is 2.82. The number of hydrogen-bond donors (Lipinski definition) is 3. The number of nitrogens with zero attached hydrogens (tertiary/aromatic N) is 2. The van der Waals surface area contributed by atoms with E-state index >= 15 is 0 Å². The number of nitrogens with one attached hydrogen (secondary N) is 3. The van der Waals surface area contributed by atoms with Crippen LogP contribution in [-0.2, 0) is 6.54 Å². The lowest BCUT2D eigenvalue weighted by molar-refractivity contribution is 0.242. The Labute approximate surface area is 122 Å². The average Bonchev–Trinajstić information content (AvgIpc) is 2.53. The number of carbonyl (C=O) groups is 1. The Balaban J connectivity index is 1.77. The first-order chi connectivity index (χ1) is 10.3. The number of amides is 2. The van der Waals surface area contributed by atoms with Crippen molar-refractivity contribution in [1.82, 2.24) is 20.7 Å². The van der Waals surface area contributed by atoms with E-state index in [-0.39, 0.29) is 6.03 Å². The van der Waals surface area contributed by atoms with Crippen LogP contribution in [0.1, 0.15) is 12.5 Å². The Morgan fingerprint density at radius 2 is 2.14 bits per heavy atom. The Morgan fingerprint density at radius 1 is 1.24 bits per heavy atom. The number of carbonyl (C=O) groups excluding carboxylic acids is 1. The van der Waals surface area contributed by atoms with Gasteiger partial charge in [0.05, 0.1) is 6.61 Å². The molecule has 0 radical (unpaired) electrons. The summed E-state index contributed by atoms with van der Waals surface area (Å²) in [4.78, 5) is 19.7. The van der Waals surface area contributed by atoms with Gasteiger partial charge in [0.1, 0.15) is 5.82 Å². The average molecular weight is 287 g/mol. The van der Waals surface area contributed by atoms with Crippen LogP contribution in [0, 0.1) is 0 Å². The Kier molecular flexibility index (Phi) is 5.33. The van der Waals surface area contributed by atoms with Crippen LogP contribution in [0.5, 0.6) is 5.88 Å². The normalized spacial score (nSPS) is 9.76. The molecule has 2 heterocycles. The first kappa shape index (κ1) is 14.6. The van der Waals surface area contributed by atoms with Crippen molar-refractivity contribution in [2.75, 3.05) is 12.0 Å². The molecule has 0 aliphatic rings. The number of anilines is 1. The van der Waals surface area contributed by atoms with Gasteiger partial charge < -0.3 is 10.1 Å². The summed E-state index contributed by atoms with van der Waals surface area (Å²) in [5.74, 6) is 1.11. The van der Waals surface area contributed by atoms with Crippen LogP contribution in [0.15, 0.2) is 42.7 Å². The van der Waals surface area contributed by atoms with E-state index in [1.807, 2.05) is 19.1 Å². The molecule has 0 spiro atoms. The molecule has 0 saturated heterocycles. The molecule has 0 bridgehead atoms. The number of rotatable bonds is 6. The van der Waals surface area contributed by atoms with Crippen molar-refractivity contribution in [3.05, 3.63) is 48.3 Å². The van der Waals surface area contributed by atoms with Crippen molar-refractivity contribution in [2.45, 2.75) is 13.5 Å². The topological polar surface area (TPSA) is 88.2 Å². The molecule has 2 aromatic rings. The van der Waals surface area contributed by atoms with Crippen LogP contribution in [0.2, 0.25) is 0 Å². The van der Waals surface area contributed by atoms with E-state index in [0.29, 0.717) is 24.8 Å². The summed E-state index contributed by atoms with van der Waals surface area (Å²) in [5.41, 5.74) is 6.11. The van der Waals surface area contributed by atoms with E-state index in [0.717, 1.165) is 5.56 Å². The predicted molar refractivity (Wildman–Crippen MR) is 78.6 cm³/mol. The maximum absolute atomic E-state index is 11.6. The second-order valence-corrected chi connectivity index (χ2v) is 4.08. The van der Waals surface area contributed by atoms with Gasteiger partial charge in [-0.1, -0.05) is 6.07 Å². The fraction of sp³-hybridized carbons (Fsp3) is 0.214. The van der Waals surface area contributed by atoms with E-state index < -0.39 is 0 Å². The second kappa shape index (κ2) is 7.68. The molecule has 7 nitrogen and oxygen atoms in total. The van der Waals surface area contributed by atoms with Crippen LogP contribution in [0.4, 0.5) is 10.6 Å². The molecular formula is C14H17N5O2. The number of hydrazine groups is 1. The van der Waals surface area contributed by atoms with Gasteiger partial charge in [0.25, 0.3) is 0 Å². The molecule has 110 valence electrons. The minimum atomic E-state index is -0.351. The van der Waals surface area contributed by atoms with Gasteiger partial charge in [-0.25, -0.2) is 14.8 Å². The number of ether oxygens (including phenoxy) is 1. The lowest BCUT2D eigenvalue weighted by Crippen LogP contribution is -2.38. The molecular weight excluding hydrogens is 270 g/mol. The summed E-state index contributed by atoms with van der Waals surface area (Å²) >= 11 is 0. The third-order valence-corrected chi connectivity index (χ3v) is 2.51. The van der Waals surface area contributed by atoms with Crippen molar-refractivity contribution in [3.8, 4) is 5.88 Å². The first-order valence-corrected chi connectivity index (χ1v) is 6.56. The molecule has 0 unspecified atom stereocenters. The van der Waals surface area contributed by atoms with Crippen LogP contribution in [0.3, 0.4) is 0 Å². The van der Waals surface area contributed by atoms with Crippen molar-refractivity contribution in [1.29, 1.82) is 0 Å². The van der Waals surface area contributed by atoms with Crippen molar-refractivity contribution in [2.24, 2.45) is 0 Å². The SMILES string of the molecule is CCOc1cc(CNC(=O)NNc2ccccn2)ccn1. The molecule has 2 amide bonds. The number of urea groups is 1. The minimum absolute atomic E-state index is 0.351. The Morgan fingerprint density at radius 3 is 2.90 bits per heavy atom. The smallest absolute Gasteiger partial charge is 0.333 e. The largest absolute Gasteiger partial charge is 0.478 e. The Bertz CT molecular complexity index is 577. The zero-order valence-electron chi connectivity index (χ0n) is 11.7. The molecule has 2 rings (SSSR count). The zero-order chi connectivity index (χ0) is 14.9. The van der Waals surface area contributed by atoms with E-state index in [2.05, 4.69) is 26.1 Å². The molecule has 2 aromatic heterocycles. The summed E-state index contributed by atoms with van der Waals surface area (Å²) in [5, 5.41) is 2.71. The lowest BCUT2D eigenvalue weighted by Gasteiger charge is -2.09. The molecule has 0 aromatic carbocycles. The van der Waals surface area contributed by atoms with Gasteiger partial charge in [-0.2, -0.15) is 0 Å². The van der Waals surface area contributed by atoms with Gasteiger partial charge in [-0.3, -0.25) is 10.9 Å². The molecule has 21 heavy (non-hydrogen) atoms. The van der Waals surface area contributed by atoms with Crippen LogP contribution in [0.25, 0.3) is 0 Å². The number of aromatic nitrogens is 2. The highest BCUT2D eigenvalue weighted by Crippen LogP contribution is 2.08. The van der Waals surface area contributed by atoms with Gasteiger partial charge in [0.2, 0.25) is 5.88 Å². The first-order valence-electron chi connectivity index (χ1n) is 6.56. The van der Waals surface area contributed by atoms with Crippen molar-refractivity contribution < 1.29 is 9.53 Å². The van der Waals surface area contributed by atoms with Gasteiger partial charge in [-0.15, -0.1) is 0 Å². The quantitative estimate of drug-likeness (QED) is 0.704. The highest BCUT2D eigenvalue weighted by Gasteiger charge is 2.02. The molecule has 3 N–H and O–H groups in total. The molecule has 7 heteroatoms. The number of pyridine rings is 2. The highest BCUT2D eigenvalue weighted by atomic mass is 16.5. The standard InChI is InChI=1S/C14H17N5O2/c1-2-21-13-9-11(6-8-16-13)10-17-14(20)19-18-12-5-3-4-7-15-12/h3-9H,2,10H2,1H3,(H,15,18)(H2,17,19,20). The van der Waals surface area contributed by atoms with Gasteiger partial charge >= 0.3 is 6.03 Å². The third-order valence-electron chi connectivity index (χ3n) is 2.51. The van der Waals surface area contributed by atoms with E-state index in [4.69, 9.17) is 4.74 Å². The van der Waals surface area contributed by atoms with Crippen molar-refractivity contribution >= 4 is 11.8 Å². The molecule has 0 atom stereocenters. The predicted octanol–water partition coefficient (Wildman–Crippen LogP) is 1.70. The summed E-state index contributed by atoms with van der Waals surface area (Å²) < 4.78 is 5.30. The summed E-state index contributed by atoms with van der Waals surface area (Å²) in [6, 6.07) is 8.62. The van der Waals surface area contributed by atoms with Crippen molar-refractivity contribution in [3.63, 3.8) is 0 Å². The highest BCUT2D eigenvalue weighted by molar-refractivity contribution is 5.75. The van der Waals surface area contributed by atoms with Crippen LogP contribution in [-0.4, -0.2) is 22.6 Å². The summed E-state index contributed by atoms with van der Waals surface area (Å²) in [6.07, 6.45) is 3.28. The summed E-state index contributed by atoms with van der Waals surface area (Å²) in [7, 11) is 0. The van der Waals surface area contributed by atoms with E-state index in [1.165, 1.54) is 0 Å². The maximum Gasteiger partial charge on any atom is 0.333 e. The Hall–Kier alpha value is -2.83. The van der Waals surface area contributed by atoms with Crippen LogP contribution < -0.4 is 20.9 Å². The molecule has 0 aliphatic heterocycles. The third kappa shape index (κ3) is 4.98. The fourth-order valence-corrected chi connectivity index (χ4v) is 1.57. The van der Waals surface area contributed by atoms with E-state index in [9.17, 15) is 4.79 Å². The minimum Gasteiger partial charge on any atom is -0.478 e.